The van der Waals surface area contributed by atoms with Crippen molar-refractivity contribution in [2.45, 2.75) is 50.7 Å². The van der Waals surface area contributed by atoms with Gasteiger partial charge in [-0.05, 0) is 80.4 Å². The molecule has 0 radical (unpaired) electrons. The van der Waals surface area contributed by atoms with Crippen molar-refractivity contribution < 1.29 is 22.7 Å². The molecule has 0 bridgehead atoms. The Balaban J connectivity index is 1.79. The van der Waals surface area contributed by atoms with E-state index in [0.29, 0.717) is 18.0 Å². The fourth-order valence-electron chi connectivity index (χ4n) is 4.85. The SMILES string of the molecule is CCOc1ccc(N(CC(=O)N(Cc2ccccc2)C(Cc2ccccc2)C(=O)NC(C)C)S(=O)(=O)c2ccc(Br)cc2)cc1. The van der Waals surface area contributed by atoms with Gasteiger partial charge in [0.25, 0.3) is 10.0 Å². The molecule has 0 aliphatic carbocycles. The van der Waals surface area contributed by atoms with E-state index in [0.717, 1.165) is 19.9 Å². The number of sulfonamides is 1. The van der Waals surface area contributed by atoms with Gasteiger partial charge >= 0.3 is 0 Å². The summed E-state index contributed by atoms with van der Waals surface area (Å²) in [5.74, 6) is -0.262. The fraction of sp³-hybridized carbons (Fsp3) is 0.257. The van der Waals surface area contributed by atoms with E-state index in [9.17, 15) is 18.0 Å². The first kappa shape index (κ1) is 33.7. The van der Waals surface area contributed by atoms with Crippen LogP contribution in [-0.2, 0) is 32.6 Å². The number of benzene rings is 4. The molecule has 4 rings (SSSR count). The van der Waals surface area contributed by atoms with Crippen molar-refractivity contribution in [3.63, 3.8) is 0 Å². The van der Waals surface area contributed by atoms with Gasteiger partial charge in [-0.3, -0.25) is 13.9 Å². The quantitative estimate of drug-likeness (QED) is 0.170. The van der Waals surface area contributed by atoms with Gasteiger partial charge in [-0.2, -0.15) is 0 Å². The second-order valence-corrected chi connectivity index (χ2v) is 13.5. The first-order chi connectivity index (χ1) is 21.6. The lowest BCUT2D eigenvalue weighted by Crippen LogP contribution is -2.54. The lowest BCUT2D eigenvalue weighted by molar-refractivity contribution is -0.140. The predicted octanol–water partition coefficient (Wildman–Crippen LogP) is 6.21. The normalized spacial score (nSPS) is 11.9. The van der Waals surface area contributed by atoms with Crippen LogP contribution >= 0.6 is 15.9 Å². The molecule has 1 N–H and O–H groups in total. The van der Waals surface area contributed by atoms with E-state index in [1.54, 1.807) is 36.4 Å². The van der Waals surface area contributed by atoms with Gasteiger partial charge in [0.2, 0.25) is 11.8 Å². The predicted molar refractivity (Wildman–Crippen MR) is 180 cm³/mol. The van der Waals surface area contributed by atoms with E-state index < -0.39 is 28.5 Å². The number of nitrogens with one attached hydrogen (secondary N) is 1. The van der Waals surface area contributed by atoms with Gasteiger partial charge in [0, 0.05) is 23.5 Å². The number of ether oxygens (including phenoxy) is 1. The van der Waals surface area contributed by atoms with Crippen molar-refractivity contribution in [1.29, 1.82) is 0 Å². The van der Waals surface area contributed by atoms with Crippen LogP contribution in [0.1, 0.15) is 31.9 Å². The van der Waals surface area contributed by atoms with Gasteiger partial charge in [0.05, 0.1) is 17.2 Å². The number of rotatable bonds is 14. The van der Waals surface area contributed by atoms with Crippen molar-refractivity contribution in [3.8, 4) is 5.75 Å². The molecule has 0 saturated heterocycles. The minimum absolute atomic E-state index is 0.0281. The molecule has 10 heteroatoms. The Morgan fingerprint density at radius 2 is 1.40 bits per heavy atom. The molecular weight excluding hydrogens is 654 g/mol. The Labute approximate surface area is 274 Å². The molecule has 0 spiro atoms. The Hall–Kier alpha value is -4.15. The molecule has 1 unspecified atom stereocenters. The topological polar surface area (TPSA) is 96.0 Å². The van der Waals surface area contributed by atoms with Gasteiger partial charge in [0.15, 0.2) is 0 Å². The van der Waals surface area contributed by atoms with E-state index in [-0.39, 0.29) is 29.8 Å². The van der Waals surface area contributed by atoms with Crippen LogP contribution in [0.3, 0.4) is 0 Å². The summed E-state index contributed by atoms with van der Waals surface area (Å²) in [5.41, 5.74) is 1.98. The van der Waals surface area contributed by atoms with Crippen LogP contribution in [0.5, 0.6) is 5.75 Å². The second-order valence-electron chi connectivity index (χ2n) is 10.8. The van der Waals surface area contributed by atoms with Gasteiger partial charge < -0.3 is 15.0 Å². The van der Waals surface area contributed by atoms with Crippen molar-refractivity contribution >= 4 is 43.5 Å². The van der Waals surface area contributed by atoms with E-state index in [4.69, 9.17) is 4.74 Å². The fourth-order valence-corrected chi connectivity index (χ4v) is 6.53. The molecular formula is C35H38BrN3O5S. The van der Waals surface area contributed by atoms with E-state index in [1.807, 2.05) is 81.4 Å². The summed E-state index contributed by atoms with van der Waals surface area (Å²) < 4.78 is 35.7. The molecule has 4 aromatic rings. The minimum atomic E-state index is -4.20. The largest absolute Gasteiger partial charge is 0.494 e. The Bertz CT molecular complexity index is 1650. The van der Waals surface area contributed by atoms with E-state index >= 15 is 0 Å². The summed E-state index contributed by atoms with van der Waals surface area (Å²) >= 11 is 3.36. The number of anilines is 1. The van der Waals surface area contributed by atoms with Crippen molar-refractivity contribution in [2.75, 3.05) is 17.5 Å². The lowest BCUT2D eigenvalue weighted by Gasteiger charge is -2.34. The third-order valence-electron chi connectivity index (χ3n) is 7.01. The summed E-state index contributed by atoms with van der Waals surface area (Å²) in [6.07, 6.45) is 0.250. The van der Waals surface area contributed by atoms with Crippen molar-refractivity contribution in [3.05, 3.63) is 125 Å². The average molecular weight is 693 g/mol. The van der Waals surface area contributed by atoms with Crippen LogP contribution in [0.4, 0.5) is 5.69 Å². The summed E-state index contributed by atoms with van der Waals surface area (Å²) in [6, 6.07) is 30.6. The highest BCUT2D eigenvalue weighted by atomic mass is 79.9. The monoisotopic (exact) mass is 691 g/mol. The molecule has 8 nitrogen and oxygen atoms in total. The van der Waals surface area contributed by atoms with Gasteiger partial charge in [-0.15, -0.1) is 0 Å². The Morgan fingerprint density at radius 1 is 0.822 bits per heavy atom. The molecule has 0 saturated carbocycles. The maximum absolute atomic E-state index is 14.5. The molecule has 0 aromatic heterocycles. The zero-order valence-corrected chi connectivity index (χ0v) is 28.0. The Morgan fingerprint density at radius 3 is 1.96 bits per heavy atom. The van der Waals surface area contributed by atoms with E-state index in [2.05, 4.69) is 21.2 Å². The molecule has 45 heavy (non-hydrogen) atoms. The zero-order valence-electron chi connectivity index (χ0n) is 25.6. The van der Waals surface area contributed by atoms with Crippen LogP contribution < -0.4 is 14.4 Å². The van der Waals surface area contributed by atoms with Crippen LogP contribution in [0.15, 0.2) is 119 Å². The summed E-state index contributed by atoms with van der Waals surface area (Å²) in [7, 11) is -4.20. The third-order valence-corrected chi connectivity index (χ3v) is 9.33. The first-order valence-electron chi connectivity index (χ1n) is 14.8. The highest BCUT2D eigenvalue weighted by molar-refractivity contribution is 9.10. The minimum Gasteiger partial charge on any atom is -0.494 e. The molecule has 0 aliphatic rings. The standard InChI is InChI=1S/C35H38BrN3O5S/c1-4-44-31-19-17-30(18-20-31)39(45(42,43)32-21-15-29(36)16-22-32)25-34(40)38(24-28-13-9-6-10-14-28)33(35(41)37-26(2)3)23-27-11-7-5-8-12-27/h5-22,26,33H,4,23-25H2,1-3H3,(H,37,41). The van der Waals surface area contributed by atoms with Crippen LogP contribution in [0.25, 0.3) is 0 Å². The molecule has 2 amide bonds. The molecule has 0 fully saturated rings. The van der Waals surface area contributed by atoms with Gasteiger partial charge in [-0.1, -0.05) is 76.6 Å². The van der Waals surface area contributed by atoms with Gasteiger partial charge in [-0.25, -0.2) is 8.42 Å². The molecule has 0 heterocycles. The number of amides is 2. The van der Waals surface area contributed by atoms with Crippen LogP contribution in [0.2, 0.25) is 0 Å². The summed E-state index contributed by atoms with van der Waals surface area (Å²) in [6.45, 7) is 5.62. The Kier molecular flexibility index (Phi) is 11.8. The molecule has 236 valence electrons. The highest BCUT2D eigenvalue weighted by Crippen LogP contribution is 2.28. The number of carbonyl (C=O) groups is 2. The van der Waals surface area contributed by atoms with Crippen molar-refractivity contribution in [1.82, 2.24) is 10.2 Å². The number of halogens is 1. The van der Waals surface area contributed by atoms with Crippen molar-refractivity contribution in [2.24, 2.45) is 0 Å². The number of carbonyl (C=O) groups excluding carboxylic acids is 2. The first-order valence-corrected chi connectivity index (χ1v) is 17.0. The number of hydrogen-bond acceptors (Lipinski definition) is 5. The van der Waals surface area contributed by atoms with E-state index in [1.165, 1.54) is 17.0 Å². The molecule has 4 aromatic carbocycles. The maximum Gasteiger partial charge on any atom is 0.264 e. The summed E-state index contributed by atoms with van der Waals surface area (Å²) in [4.78, 5) is 29.7. The van der Waals surface area contributed by atoms with Gasteiger partial charge in [0.1, 0.15) is 18.3 Å². The summed E-state index contributed by atoms with van der Waals surface area (Å²) in [5, 5.41) is 2.97. The lowest BCUT2D eigenvalue weighted by atomic mass is 10.0. The van der Waals surface area contributed by atoms with Crippen LogP contribution in [-0.4, -0.2) is 50.4 Å². The second kappa shape index (κ2) is 15.7. The molecule has 0 aliphatic heterocycles. The number of nitrogens with zero attached hydrogens (tertiary/aromatic N) is 2. The zero-order chi connectivity index (χ0) is 32.4. The number of hydrogen-bond donors (Lipinski definition) is 1. The smallest absolute Gasteiger partial charge is 0.264 e. The maximum atomic E-state index is 14.5. The average Bonchev–Trinajstić information content (AvgIpc) is 3.03. The third kappa shape index (κ3) is 9.18. The molecule has 1 atom stereocenters. The van der Waals surface area contributed by atoms with Crippen LogP contribution in [0, 0.1) is 0 Å². The highest BCUT2D eigenvalue weighted by Gasteiger charge is 2.34.